The molecule has 0 unspecified atom stereocenters. The van der Waals surface area contributed by atoms with Crippen LogP contribution in [-0.2, 0) is 6.54 Å². The Morgan fingerprint density at radius 1 is 1.30 bits per heavy atom. The summed E-state index contributed by atoms with van der Waals surface area (Å²) in [4.78, 5) is 19.7. The average molecular weight is 312 g/mol. The van der Waals surface area contributed by atoms with E-state index in [0.717, 1.165) is 18.4 Å². The summed E-state index contributed by atoms with van der Waals surface area (Å²) in [5, 5.41) is 3.22. The number of anilines is 1. The second-order valence-corrected chi connectivity index (χ2v) is 5.63. The third kappa shape index (κ3) is 3.77. The van der Waals surface area contributed by atoms with E-state index in [1.54, 1.807) is 18.5 Å². The van der Waals surface area contributed by atoms with Crippen LogP contribution in [0.1, 0.15) is 41.6 Å². The number of nitrogens with one attached hydrogen (secondary N) is 1. The lowest BCUT2D eigenvalue weighted by atomic mass is 10.2. The number of amides is 1. The van der Waals surface area contributed by atoms with Crippen molar-refractivity contribution in [2.45, 2.75) is 38.3 Å². The number of hydrogen-bond donors (Lipinski definition) is 2. The van der Waals surface area contributed by atoms with Crippen molar-refractivity contribution in [2.75, 3.05) is 5.32 Å². The predicted molar refractivity (Wildman–Crippen MR) is 87.2 cm³/mol. The largest absolute Gasteiger partial charge is 0.474 e. The second-order valence-electron chi connectivity index (χ2n) is 5.63. The van der Waals surface area contributed by atoms with Crippen molar-refractivity contribution in [2.24, 2.45) is 5.73 Å². The molecule has 1 aliphatic rings. The molecule has 2 aromatic heterocycles. The van der Waals surface area contributed by atoms with Crippen molar-refractivity contribution in [3.63, 3.8) is 0 Å². The number of ether oxygens (including phenoxy) is 1. The van der Waals surface area contributed by atoms with Crippen LogP contribution in [0.15, 0.2) is 36.8 Å². The van der Waals surface area contributed by atoms with E-state index in [-0.39, 0.29) is 6.10 Å². The summed E-state index contributed by atoms with van der Waals surface area (Å²) in [6.07, 6.45) is 9.66. The number of aromatic nitrogens is 2. The van der Waals surface area contributed by atoms with Gasteiger partial charge in [0.05, 0.1) is 11.3 Å². The number of carbonyl (C=O) groups is 1. The van der Waals surface area contributed by atoms with Crippen LogP contribution in [0.25, 0.3) is 0 Å². The van der Waals surface area contributed by atoms with Gasteiger partial charge in [0.25, 0.3) is 5.91 Å². The van der Waals surface area contributed by atoms with Gasteiger partial charge in [-0.05, 0) is 37.8 Å². The highest BCUT2D eigenvalue weighted by atomic mass is 16.5. The van der Waals surface area contributed by atoms with Crippen LogP contribution >= 0.6 is 0 Å². The van der Waals surface area contributed by atoms with Gasteiger partial charge in [-0.3, -0.25) is 9.78 Å². The van der Waals surface area contributed by atoms with E-state index >= 15 is 0 Å². The summed E-state index contributed by atoms with van der Waals surface area (Å²) in [5.74, 6) is 0.149. The van der Waals surface area contributed by atoms with E-state index in [2.05, 4.69) is 15.3 Å². The van der Waals surface area contributed by atoms with E-state index < -0.39 is 5.91 Å². The quantitative estimate of drug-likeness (QED) is 0.855. The SMILES string of the molecule is NC(=O)c1cnccc1NCc1cccnc1OC1CCCC1. The van der Waals surface area contributed by atoms with Crippen molar-refractivity contribution in [3.05, 3.63) is 47.9 Å². The van der Waals surface area contributed by atoms with Gasteiger partial charge >= 0.3 is 0 Å². The van der Waals surface area contributed by atoms with Crippen molar-refractivity contribution in [1.29, 1.82) is 0 Å². The van der Waals surface area contributed by atoms with Gasteiger partial charge in [0.15, 0.2) is 0 Å². The van der Waals surface area contributed by atoms with Crippen molar-refractivity contribution < 1.29 is 9.53 Å². The number of hydrogen-bond acceptors (Lipinski definition) is 5. The average Bonchev–Trinajstić information content (AvgIpc) is 3.07. The van der Waals surface area contributed by atoms with Crippen molar-refractivity contribution >= 4 is 11.6 Å². The van der Waals surface area contributed by atoms with Crippen LogP contribution in [0.3, 0.4) is 0 Å². The molecule has 0 atom stereocenters. The summed E-state index contributed by atoms with van der Waals surface area (Å²) < 4.78 is 6.02. The molecule has 120 valence electrons. The first-order valence-corrected chi connectivity index (χ1v) is 7.82. The Hall–Kier alpha value is -2.63. The first-order chi connectivity index (χ1) is 11.2. The molecule has 6 nitrogen and oxygen atoms in total. The normalized spacial score (nSPS) is 14.6. The van der Waals surface area contributed by atoms with Crippen LogP contribution in [-0.4, -0.2) is 22.0 Å². The van der Waals surface area contributed by atoms with Gasteiger partial charge in [0.2, 0.25) is 5.88 Å². The minimum atomic E-state index is -0.505. The molecule has 2 heterocycles. The Kier molecular flexibility index (Phi) is 4.71. The maximum Gasteiger partial charge on any atom is 0.252 e. The highest BCUT2D eigenvalue weighted by Crippen LogP contribution is 2.25. The van der Waals surface area contributed by atoms with E-state index in [4.69, 9.17) is 10.5 Å². The number of carbonyl (C=O) groups excluding carboxylic acids is 1. The van der Waals surface area contributed by atoms with E-state index in [9.17, 15) is 4.79 Å². The molecule has 1 amide bonds. The summed E-state index contributed by atoms with van der Waals surface area (Å²) >= 11 is 0. The Morgan fingerprint density at radius 3 is 2.91 bits per heavy atom. The Bertz CT molecular complexity index is 684. The molecule has 0 aliphatic heterocycles. The molecule has 3 N–H and O–H groups in total. The number of rotatable bonds is 6. The molecular weight excluding hydrogens is 292 g/mol. The lowest BCUT2D eigenvalue weighted by molar-refractivity contribution is 0.100. The molecule has 0 radical (unpaired) electrons. The molecule has 3 rings (SSSR count). The molecule has 0 bridgehead atoms. The lowest BCUT2D eigenvalue weighted by Crippen LogP contribution is -2.16. The maximum absolute atomic E-state index is 11.4. The molecule has 0 aromatic carbocycles. The molecule has 1 saturated carbocycles. The summed E-state index contributed by atoms with van der Waals surface area (Å²) in [6, 6.07) is 5.57. The van der Waals surface area contributed by atoms with Gasteiger partial charge in [-0.2, -0.15) is 0 Å². The molecule has 1 aliphatic carbocycles. The first kappa shape index (κ1) is 15.3. The zero-order chi connectivity index (χ0) is 16.1. The number of nitrogens with two attached hydrogens (primary N) is 1. The van der Waals surface area contributed by atoms with Gasteiger partial charge in [0.1, 0.15) is 6.10 Å². The Morgan fingerprint density at radius 2 is 2.13 bits per heavy atom. The smallest absolute Gasteiger partial charge is 0.252 e. The van der Waals surface area contributed by atoms with Crippen LogP contribution in [0.4, 0.5) is 5.69 Å². The van der Waals surface area contributed by atoms with Crippen molar-refractivity contribution in [1.82, 2.24) is 9.97 Å². The van der Waals surface area contributed by atoms with Crippen LogP contribution < -0.4 is 15.8 Å². The fraction of sp³-hybridized carbons (Fsp3) is 0.353. The molecular formula is C17H20N4O2. The van der Waals surface area contributed by atoms with Crippen molar-refractivity contribution in [3.8, 4) is 5.88 Å². The summed E-state index contributed by atoms with van der Waals surface area (Å²) in [6.45, 7) is 0.500. The number of pyridine rings is 2. The zero-order valence-corrected chi connectivity index (χ0v) is 12.9. The highest BCUT2D eigenvalue weighted by Gasteiger charge is 2.18. The Balaban J connectivity index is 1.72. The van der Waals surface area contributed by atoms with E-state index in [0.29, 0.717) is 23.7 Å². The molecule has 23 heavy (non-hydrogen) atoms. The molecule has 2 aromatic rings. The second kappa shape index (κ2) is 7.09. The zero-order valence-electron chi connectivity index (χ0n) is 12.9. The Labute approximate surface area is 135 Å². The first-order valence-electron chi connectivity index (χ1n) is 7.82. The number of primary amides is 1. The van der Waals surface area contributed by atoms with Gasteiger partial charge in [-0.15, -0.1) is 0 Å². The topological polar surface area (TPSA) is 90.1 Å². The highest BCUT2D eigenvalue weighted by molar-refractivity contribution is 5.98. The minimum Gasteiger partial charge on any atom is -0.474 e. The van der Waals surface area contributed by atoms with Gasteiger partial charge in [0, 0.05) is 30.7 Å². The third-order valence-electron chi connectivity index (χ3n) is 3.99. The van der Waals surface area contributed by atoms with Gasteiger partial charge < -0.3 is 15.8 Å². The predicted octanol–water partition coefficient (Wildman–Crippen LogP) is 2.51. The molecule has 0 saturated heterocycles. The standard InChI is InChI=1S/C17H20N4O2/c18-16(22)14-11-19-9-7-15(14)21-10-12-4-3-8-20-17(12)23-13-5-1-2-6-13/h3-4,7-9,11,13H,1-2,5-6,10H2,(H2,18,22)(H,19,21). The van der Waals surface area contributed by atoms with Gasteiger partial charge in [-0.1, -0.05) is 6.07 Å². The third-order valence-corrected chi connectivity index (χ3v) is 3.99. The fourth-order valence-corrected chi connectivity index (χ4v) is 2.76. The van der Waals surface area contributed by atoms with Crippen LogP contribution in [0, 0.1) is 0 Å². The number of nitrogens with zero attached hydrogens (tertiary/aromatic N) is 2. The van der Waals surface area contributed by atoms with Crippen LogP contribution in [0.2, 0.25) is 0 Å². The van der Waals surface area contributed by atoms with E-state index in [1.165, 1.54) is 19.0 Å². The molecule has 0 spiro atoms. The molecule has 1 fully saturated rings. The minimum absolute atomic E-state index is 0.255. The molecule has 6 heteroatoms. The maximum atomic E-state index is 11.4. The fourth-order valence-electron chi connectivity index (χ4n) is 2.76. The summed E-state index contributed by atoms with van der Waals surface area (Å²) in [7, 11) is 0. The van der Waals surface area contributed by atoms with Gasteiger partial charge in [-0.25, -0.2) is 4.98 Å². The summed E-state index contributed by atoms with van der Waals surface area (Å²) in [5.41, 5.74) is 7.34. The monoisotopic (exact) mass is 312 g/mol. The van der Waals surface area contributed by atoms with E-state index in [1.807, 2.05) is 12.1 Å². The van der Waals surface area contributed by atoms with Crippen LogP contribution in [0.5, 0.6) is 5.88 Å². The lowest BCUT2D eigenvalue weighted by Gasteiger charge is -2.16.